The molecule has 2 heteroatoms. The van der Waals surface area contributed by atoms with Crippen molar-refractivity contribution in [3.63, 3.8) is 0 Å². The molecule has 1 saturated heterocycles. The summed E-state index contributed by atoms with van der Waals surface area (Å²) in [6.45, 7) is 4.77. The molecule has 1 rings (SSSR count). The van der Waals surface area contributed by atoms with Crippen LogP contribution in [0.15, 0.2) is 0 Å². The molecular weight excluding hydrogens is 102 g/mol. The fourth-order valence-electron chi connectivity index (χ4n) is 0.924. The largest absolute Gasteiger partial charge is 0.380 e. The number of rotatable bonds is 2. The maximum atomic E-state index is 5.12. The van der Waals surface area contributed by atoms with Gasteiger partial charge >= 0.3 is 0 Å². The van der Waals surface area contributed by atoms with Crippen molar-refractivity contribution in [2.75, 3.05) is 19.8 Å². The molecule has 0 aliphatic carbocycles. The topological polar surface area (TPSA) is 23.3 Å². The molecule has 1 atom stereocenters. The molecule has 1 aliphatic heterocycles. The van der Waals surface area contributed by atoms with Gasteiger partial charge in [0.25, 0.3) is 0 Å². The predicted molar refractivity (Wildman–Crippen MR) is 31.9 cm³/mol. The molecule has 47 valence electrons. The van der Waals surface area contributed by atoms with Gasteiger partial charge in [-0.1, -0.05) is 6.92 Å². The first kappa shape index (κ1) is 6.05. The Morgan fingerprint density at radius 3 is 3.12 bits per heavy atom. The number of hydrogen-bond acceptors (Lipinski definition) is 1. The molecule has 0 aromatic carbocycles. The second-order valence-electron chi connectivity index (χ2n) is 2.02. The van der Waals surface area contributed by atoms with Crippen molar-refractivity contribution in [3.8, 4) is 0 Å². The van der Waals surface area contributed by atoms with E-state index in [1.807, 2.05) is 0 Å². The highest BCUT2D eigenvalue weighted by Crippen LogP contribution is 2.03. The molecule has 0 aromatic heterocycles. The third-order valence-electron chi connectivity index (χ3n) is 1.35. The zero-order chi connectivity index (χ0) is 5.82. The standard InChI is InChI=1S/C6H12NO/c1-2-7-6-3-4-8-5-6/h6H,2-5H2,1H3. The van der Waals surface area contributed by atoms with Crippen LogP contribution in [0.2, 0.25) is 0 Å². The molecule has 1 radical (unpaired) electrons. The van der Waals surface area contributed by atoms with Gasteiger partial charge in [-0.3, -0.25) is 0 Å². The van der Waals surface area contributed by atoms with Crippen LogP contribution in [-0.4, -0.2) is 25.8 Å². The Kier molecular flexibility index (Phi) is 2.30. The molecule has 1 unspecified atom stereocenters. The Bertz CT molecular complexity index is 59.5. The molecule has 1 fully saturated rings. The van der Waals surface area contributed by atoms with Crippen LogP contribution >= 0.6 is 0 Å². The number of likely N-dealkylation sites (N-methyl/N-ethyl adjacent to an activating group) is 1. The monoisotopic (exact) mass is 114 g/mol. The zero-order valence-corrected chi connectivity index (χ0v) is 5.26. The lowest BCUT2D eigenvalue weighted by Gasteiger charge is -2.02. The van der Waals surface area contributed by atoms with E-state index in [-0.39, 0.29) is 0 Å². The highest BCUT2D eigenvalue weighted by molar-refractivity contribution is 4.68. The van der Waals surface area contributed by atoms with Gasteiger partial charge in [-0.15, -0.1) is 0 Å². The quantitative estimate of drug-likeness (QED) is 0.509. The predicted octanol–water partition coefficient (Wildman–Crippen LogP) is 0.400. The van der Waals surface area contributed by atoms with Crippen LogP contribution in [0.25, 0.3) is 0 Å². The number of nitrogens with zero attached hydrogens (tertiary/aromatic N) is 1. The van der Waals surface area contributed by atoms with E-state index in [0.717, 1.165) is 26.2 Å². The number of hydrogen-bond donors (Lipinski definition) is 0. The SMILES string of the molecule is CC[N]C1CCOC1. The third kappa shape index (κ3) is 1.46. The van der Waals surface area contributed by atoms with E-state index in [0.29, 0.717) is 6.04 Å². The summed E-state index contributed by atoms with van der Waals surface area (Å²) in [4.78, 5) is 0. The van der Waals surface area contributed by atoms with Crippen LogP contribution in [0.1, 0.15) is 13.3 Å². The van der Waals surface area contributed by atoms with Crippen LogP contribution in [0.5, 0.6) is 0 Å². The molecule has 8 heavy (non-hydrogen) atoms. The summed E-state index contributed by atoms with van der Waals surface area (Å²) >= 11 is 0. The van der Waals surface area contributed by atoms with Gasteiger partial charge in [0.15, 0.2) is 0 Å². The second-order valence-corrected chi connectivity index (χ2v) is 2.02. The summed E-state index contributed by atoms with van der Waals surface area (Å²) < 4.78 is 5.12. The fourth-order valence-corrected chi connectivity index (χ4v) is 0.924. The smallest absolute Gasteiger partial charge is 0.0636 e. The van der Waals surface area contributed by atoms with Crippen molar-refractivity contribution in [2.24, 2.45) is 0 Å². The summed E-state index contributed by atoms with van der Waals surface area (Å²) in [5, 5.41) is 4.30. The second kappa shape index (κ2) is 3.05. The summed E-state index contributed by atoms with van der Waals surface area (Å²) in [6, 6.07) is 0.514. The molecular formula is C6H12NO. The van der Waals surface area contributed by atoms with Gasteiger partial charge in [0, 0.05) is 13.2 Å². The van der Waals surface area contributed by atoms with Crippen LogP contribution in [0, 0.1) is 0 Å². The van der Waals surface area contributed by atoms with Crippen molar-refractivity contribution in [3.05, 3.63) is 0 Å². The van der Waals surface area contributed by atoms with Gasteiger partial charge in [-0.05, 0) is 6.42 Å². The summed E-state index contributed by atoms with van der Waals surface area (Å²) in [6.07, 6.45) is 1.13. The van der Waals surface area contributed by atoms with Crippen molar-refractivity contribution >= 4 is 0 Å². The van der Waals surface area contributed by atoms with Gasteiger partial charge in [-0.2, -0.15) is 0 Å². The molecule has 2 nitrogen and oxygen atoms in total. The lowest BCUT2D eigenvalue weighted by atomic mass is 10.3. The van der Waals surface area contributed by atoms with Gasteiger partial charge < -0.3 is 4.74 Å². The Balaban J connectivity index is 2.06. The van der Waals surface area contributed by atoms with E-state index in [4.69, 9.17) is 4.74 Å². The zero-order valence-electron chi connectivity index (χ0n) is 5.26. The molecule has 1 heterocycles. The fraction of sp³-hybridized carbons (Fsp3) is 1.00. The highest BCUT2D eigenvalue weighted by Gasteiger charge is 2.13. The first-order chi connectivity index (χ1) is 3.93. The minimum absolute atomic E-state index is 0.514. The highest BCUT2D eigenvalue weighted by atomic mass is 16.5. The van der Waals surface area contributed by atoms with Crippen LogP contribution in [0.3, 0.4) is 0 Å². The van der Waals surface area contributed by atoms with Gasteiger partial charge in [0.2, 0.25) is 0 Å². The summed E-state index contributed by atoms with van der Waals surface area (Å²) in [5.41, 5.74) is 0. The van der Waals surface area contributed by atoms with E-state index < -0.39 is 0 Å². The van der Waals surface area contributed by atoms with Gasteiger partial charge in [-0.25, -0.2) is 5.32 Å². The maximum absolute atomic E-state index is 5.12. The Morgan fingerprint density at radius 1 is 1.75 bits per heavy atom. The van der Waals surface area contributed by atoms with Crippen molar-refractivity contribution in [1.29, 1.82) is 0 Å². The van der Waals surface area contributed by atoms with Crippen molar-refractivity contribution in [1.82, 2.24) is 5.32 Å². The van der Waals surface area contributed by atoms with Gasteiger partial charge in [0.05, 0.1) is 12.6 Å². The van der Waals surface area contributed by atoms with Crippen molar-refractivity contribution < 1.29 is 4.74 Å². The van der Waals surface area contributed by atoms with E-state index in [1.165, 1.54) is 0 Å². The average Bonchev–Trinajstić information content (AvgIpc) is 2.19. The minimum Gasteiger partial charge on any atom is -0.380 e. The van der Waals surface area contributed by atoms with Crippen molar-refractivity contribution in [2.45, 2.75) is 19.4 Å². The number of ether oxygens (including phenoxy) is 1. The molecule has 0 N–H and O–H groups in total. The molecule has 0 bridgehead atoms. The Hall–Kier alpha value is -0.0800. The van der Waals surface area contributed by atoms with Crippen LogP contribution in [-0.2, 0) is 4.74 Å². The summed E-state index contributed by atoms with van der Waals surface area (Å²) in [7, 11) is 0. The molecule has 0 aromatic rings. The lowest BCUT2D eigenvalue weighted by Crippen LogP contribution is -2.21. The molecule has 0 spiro atoms. The van der Waals surface area contributed by atoms with Crippen LogP contribution < -0.4 is 5.32 Å². The van der Waals surface area contributed by atoms with E-state index in [1.54, 1.807) is 0 Å². The average molecular weight is 114 g/mol. The molecule has 0 saturated carbocycles. The van der Waals surface area contributed by atoms with E-state index >= 15 is 0 Å². The Morgan fingerprint density at radius 2 is 2.62 bits per heavy atom. The van der Waals surface area contributed by atoms with E-state index in [2.05, 4.69) is 12.2 Å². The first-order valence-electron chi connectivity index (χ1n) is 3.18. The third-order valence-corrected chi connectivity index (χ3v) is 1.35. The van der Waals surface area contributed by atoms with Crippen LogP contribution in [0.4, 0.5) is 0 Å². The Labute approximate surface area is 50.2 Å². The summed E-state index contributed by atoms with van der Waals surface area (Å²) in [5.74, 6) is 0. The first-order valence-corrected chi connectivity index (χ1v) is 3.18. The normalized spacial score (nSPS) is 28.9. The minimum atomic E-state index is 0.514. The molecule has 1 aliphatic rings. The molecule has 0 amide bonds. The van der Waals surface area contributed by atoms with Gasteiger partial charge in [0.1, 0.15) is 0 Å². The lowest BCUT2D eigenvalue weighted by molar-refractivity contribution is 0.190. The maximum Gasteiger partial charge on any atom is 0.0636 e. The van der Waals surface area contributed by atoms with E-state index in [9.17, 15) is 0 Å².